The summed E-state index contributed by atoms with van der Waals surface area (Å²) in [5.74, 6) is -0.0310. The first-order valence-electron chi connectivity index (χ1n) is 7.38. The van der Waals surface area contributed by atoms with Crippen molar-refractivity contribution >= 4 is 29.4 Å². The molecule has 1 unspecified atom stereocenters. The third kappa shape index (κ3) is 3.34. The number of nitrogens with zero attached hydrogens (tertiary/aromatic N) is 3. The molecule has 2 rings (SSSR count). The van der Waals surface area contributed by atoms with E-state index in [4.69, 9.17) is 11.6 Å². The fraction of sp³-hybridized carbons (Fsp3) is 0.412. The second-order valence-corrected chi connectivity index (χ2v) is 6.46. The number of hydrogen-bond acceptors (Lipinski definition) is 5. The van der Waals surface area contributed by atoms with E-state index in [1.165, 1.54) is 6.08 Å². The van der Waals surface area contributed by atoms with Gasteiger partial charge in [-0.05, 0) is 50.5 Å². The van der Waals surface area contributed by atoms with Gasteiger partial charge in [0.25, 0.3) is 0 Å². The van der Waals surface area contributed by atoms with Crippen LogP contribution in [-0.2, 0) is 11.2 Å². The van der Waals surface area contributed by atoms with Gasteiger partial charge in [0.2, 0.25) is 0 Å². The van der Waals surface area contributed by atoms with Gasteiger partial charge in [-0.15, -0.1) is 0 Å². The number of allylic oxidation sites excluding steroid dienone is 2. The molecule has 122 valence electrons. The average Bonchev–Trinajstić information content (AvgIpc) is 2.46. The molecular formula is C17H20ClN3O2. The van der Waals surface area contributed by atoms with Gasteiger partial charge in [0.1, 0.15) is 11.4 Å². The third-order valence-corrected chi connectivity index (χ3v) is 4.25. The van der Waals surface area contributed by atoms with Crippen molar-refractivity contribution in [2.24, 2.45) is 10.5 Å². The van der Waals surface area contributed by atoms with Crippen molar-refractivity contribution in [1.29, 1.82) is 0 Å². The van der Waals surface area contributed by atoms with Crippen LogP contribution >= 0.6 is 11.6 Å². The number of fused-ring (bicyclic) bond motifs is 1. The summed E-state index contributed by atoms with van der Waals surface area (Å²) in [5, 5.41) is 6.45. The van der Waals surface area contributed by atoms with Gasteiger partial charge in [-0.3, -0.25) is 9.59 Å². The smallest absolute Gasteiger partial charge is 0.176 e. The first-order chi connectivity index (χ1) is 10.8. The molecule has 0 aromatic carbocycles. The van der Waals surface area contributed by atoms with Gasteiger partial charge in [0, 0.05) is 19.7 Å². The number of Topliss-reactive ketones (excluding diaryl/α,β-unsaturated/α-hetero) is 1. The van der Waals surface area contributed by atoms with Crippen LogP contribution in [0.25, 0.3) is 0 Å². The van der Waals surface area contributed by atoms with Gasteiger partial charge in [-0.2, -0.15) is 5.10 Å². The zero-order valence-electron chi connectivity index (χ0n) is 13.8. The van der Waals surface area contributed by atoms with Gasteiger partial charge in [0.15, 0.2) is 5.78 Å². The predicted octanol–water partition coefficient (Wildman–Crippen LogP) is 2.85. The summed E-state index contributed by atoms with van der Waals surface area (Å²) in [6, 6.07) is 1.70. The molecule has 0 bridgehead atoms. The number of aldehydes is 1. The molecule has 0 N–H and O–H groups in total. The SMILES string of the molecule is Cc1cc(Cl)nc2c1C(=O)C(C)(C(/C=C\C=O)=NN(C)C)CC2. The van der Waals surface area contributed by atoms with Crippen LogP contribution in [0.4, 0.5) is 0 Å². The van der Waals surface area contributed by atoms with E-state index in [-0.39, 0.29) is 5.78 Å². The summed E-state index contributed by atoms with van der Waals surface area (Å²) in [6.45, 7) is 3.73. The molecule has 23 heavy (non-hydrogen) atoms. The topological polar surface area (TPSA) is 62.6 Å². The highest BCUT2D eigenvalue weighted by atomic mass is 35.5. The molecule has 0 amide bonds. The van der Waals surface area contributed by atoms with Crippen LogP contribution in [0.1, 0.15) is 35.0 Å². The van der Waals surface area contributed by atoms with E-state index >= 15 is 0 Å². The minimum atomic E-state index is -0.795. The average molecular weight is 334 g/mol. The van der Waals surface area contributed by atoms with Crippen LogP contribution in [0.2, 0.25) is 5.15 Å². The van der Waals surface area contributed by atoms with Crippen molar-refractivity contribution in [3.05, 3.63) is 40.2 Å². The van der Waals surface area contributed by atoms with Crippen molar-refractivity contribution in [3.63, 3.8) is 0 Å². The minimum Gasteiger partial charge on any atom is -0.303 e. The Hall–Kier alpha value is -2.01. The molecule has 1 atom stereocenters. The lowest BCUT2D eigenvalue weighted by atomic mass is 9.69. The number of halogens is 1. The standard InChI is InChI=1S/C17H20ClN3O2/c1-11-10-14(18)19-12-7-8-17(2,16(23)15(11)12)13(6-5-9-22)20-21(3)4/h5-6,9-10H,7-8H2,1-4H3/b6-5-,20-13?. The fourth-order valence-electron chi connectivity index (χ4n) is 2.86. The molecular weight excluding hydrogens is 314 g/mol. The molecule has 1 aliphatic carbocycles. The van der Waals surface area contributed by atoms with Crippen LogP contribution in [-0.4, -0.2) is 41.9 Å². The zero-order valence-corrected chi connectivity index (χ0v) is 14.5. The van der Waals surface area contributed by atoms with Crippen LogP contribution in [0.5, 0.6) is 0 Å². The van der Waals surface area contributed by atoms with Crippen molar-refractivity contribution in [1.82, 2.24) is 9.99 Å². The Morgan fingerprint density at radius 1 is 1.48 bits per heavy atom. The number of carbonyl (C=O) groups is 2. The maximum atomic E-state index is 13.2. The Morgan fingerprint density at radius 3 is 2.78 bits per heavy atom. The number of carbonyl (C=O) groups excluding carboxylic acids is 2. The molecule has 1 aromatic heterocycles. The van der Waals surface area contributed by atoms with Crippen LogP contribution in [0, 0.1) is 12.3 Å². The fourth-order valence-corrected chi connectivity index (χ4v) is 3.13. The lowest BCUT2D eigenvalue weighted by Crippen LogP contribution is -2.41. The maximum Gasteiger partial charge on any atom is 0.176 e. The number of pyridine rings is 1. The number of rotatable bonds is 4. The highest BCUT2D eigenvalue weighted by Gasteiger charge is 2.43. The Kier molecular flexibility index (Phi) is 5.00. The summed E-state index contributed by atoms with van der Waals surface area (Å²) in [6.07, 6.45) is 4.86. The second-order valence-electron chi connectivity index (χ2n) is 6.07. The first kappa shape index (κ1) is 17.3. The van der Waals surface area contributed by atoms with E-state index in [2.05, 4.69) is 10.1 Å². The summed E-state index contributed by atoms with van der Waals surface area (Å²) in [5.41, 5.74) is 1.95. The van der Waals surface area contributed by atoms with Crippen molar-refractivity contribution < 1.29 is 9.59 Å². The Balaban J connectivity index is 2.56. The molecule has 1 heterocycles. The van der Waals surface area contributed by atoms with E-state index < -0.39 is 5.41 Å². The first-order valence-corrected chi connectivity index (χ1v) is 7.76. The lowest BCUT2D eigenvalue weighted by molar-refractivity contribution is -0.104. The number of aryl methyl sites for hydroxylation is 2. The van der Waals surface area contributed by atoms with Crippen LogP contribution in [0.15, 0.2) is 23.3 Å². The van der Waals surface area contributed by atoms with Crippen molar-refractivity contribution in [2.75, 3.05) is 14.1 Å². The molecule has 1 aromatic rings. The van der Waals surface area contributed by atoms with E-state index in [1.54, 1.807) is 31.2 Å². The molecule has 0 fully saturated rings. The second kappa shape index (κ2) is 6.62. The van der Waals surface area contributed by atoms with Crippen LogP contribution in [0.3, 0.4) is 0 Å². The summed E-state index contributed by atoms with van der Waals surface area (Å²) >= 11 is 6.00. The number of ketones is 1. The van der Waals surface area contributed by atoms with Crippen molar-refractivity contribution in [3.8, 4) is 0 Å². The van der Waals surface area contributed by atoms with E-state index in [0.717, 1.165) is 11.3 Å². The van der Waals surface area contributed by atoms with Gasteiger partial charge in [0.05, 0.1) is 16.8 Å². The molecule has 0 radical (unpaired) electrons. The molecule has 6 heteroatoms. The van der Waals surface area contributed by atoms with E-state index in [9.17, 15) is 9.59 Å². The number of hydrazone groups is 1. The Bertz CT molecular complexity index is 710. The van der Waals surface area contributed by atoms with E-state index in [1.807, 2.05) is 13.8 Å². The Morgan fingerprint density at radius 2 is 2.17 bits per heavy atom. The zero-order chi connectivity index (χ0) is 17.2. The highest BCUT2D eigenvalue weighted by molar-refractivity contribution is 6.29. The molecule has 0 saturated carbocycles. The number of hydrogen-bond donors (Lipinski definition) is 0. The van der Waals surface area contributed by atoms with Crippen LogP contribution < -0.4 is 0 Å². The predicted molar refractivity (Wildman–Crippen MR) is 91.1 cm³/mol. The van der Waals surface area contributed by atoms with Gasteiger partial charge >= 0.3 is 0 Å². The largest absolute Gasteiger partial charge is 0.303 e. The number of aromatic nitrogens is 1. The molecule has 5 nitrogen and oxygen atoms in total. The van der Waals surface area contributed by atoms with E-state index in [0.29, 0.717) is 35.6 Å². The molecule has 0 aliphatic heterocycles. The Labute approximate surface area is 141 Å². The third-order valence-electron chi connectivity index (χ3n) is 4.06. The normalized spacial score (nSPS) is 21.4. The minimum absolute atomic E-state index is 0.0310. The quantitative estimate of drug-likeness (QED) is 0.279. The molecule has 0 spiro atoms. The lowest BCUT2D eigenvalue weighted by Gasteiger charge is -2.34. The summed E-state index contributed by atoms with van der Waals surface area (Å²) in [4.78, 5) is 28.1. The van der Waals surface area contributed by atoms with Gasteiger partial charge in [-0.25, -0.2) is 4.98 Å². The van der Waals surface area contributed by atoms with Gasteiger partial charge < -0.3 is 5.01 Å². The maximum absolute atomic E-state index is 13.2. The monoisotopic (exact) mass is 333 g/mol. The highest BCUT2D eigenvalue weighted by Crippen LogP contribution is 2.38. The summed E-state index contributed by atoms with van der Waals surface area (Å²) < 4.78 is 0. The van der Waals surface area contributed by atoms with Crippen molar-refractivity contribution in [2.45, 2.75) is 26.7 Å². The molecule has 1 aliphatic rings. The summed E-state index contributed by atoms with van der Waals surface area (Å²) in [7, 11) is 3.57. The molecule has 0 saturated heterocycles. The van der Waals surface area contributed by atoms with Gasteiger partial charge in [-0.1, -0.05) is 11.6 Å².